The predicted molar refractivity (Wildman–Crippen MR) is 115 cm³/mol. The number of benzene rings is 2. The topological polar surface area (TPSA) is 59.2 Å². The first kappa shape index (κ1) is 19.3. The molecule has 0 saturated carbocycles. The highest BCUT2D eigenvalue weighted by Crippen LogP contribution is 2.28. The lowest BCUT2D eigenvalue weighted by Gasteiger charge is -2.34. The standard InChI is InChI=1S/C23H27N3O3/c1-3-25-10-12-26(13-11-25)21-7-5-4-6-20(21)24-23(27)14-17-16-29-22-15-18(28-2)8-9-19(17)22/h4-9,15-16H,3,10-14H2,1-2H3,(H,24,27)/p+1. The number of likely N-dealkylation sites (N-methyl/N-ethyl adjacent to an activating group) is 1. The maximum atomic E-state index is 12.8. The fourth-order valence-electron chi connectivity index (χ4n) is 3.97. The Hall–Kier alpha value is -2.99. The summed E-state index contributed by atoms with van der Waals surface area (Å²) >= 11 is 0. The van der Waals surface area contributed by atoms with Crippen LogP contribution in [-0.2, 0) is 11.2 Å². The van der Waals surface area contributed by atoms with Crippen LogP contribution >= 0.6 is 0 Å². The molecule has 3 aromatic rings. The van der Waals surface area contributed by atoms with Gasteiger partial charge in [0.15, 0.2) is 0 Å². The van der Waals surface area contributed by atoms with Gasteiger partial charge in [0, 0.05) is 17.0 Å². The largest absolute Gasteiger partial charge is 0.497 e. The number of carbonyl (C=O) groups is 1. The molecule has 2 heterocycles. The zero-order valence-corrected chi connectivity index (χ0v) is 17.0. The van der Waals surface area contributed by atoms with Crippen molar-refractivity contribution in [1.29, 1.82) is 0 Å². The number of carbonyl (C=O) groups excluding carboxylic acids is 1. The average Bonchev–Trinajstić information content (AvgIpc) is 3.16. The Morgan fingerprint density at radius 3 is 2.76 bits per heavy atom. The first-order valence-electron chi connectivity index (χ1n) is 10.2. The number of anilines is 2. The molecule has 0 spiro atoms. The third-order valence-electron chi connectivity index (χ3n) is 5.70. The smallest absolute Gasteiger partial charge is 0.228 e. The lowest BCUT2D eigenvalue weighted by Crippen LogP contribution is -3.14. The number of nitrogens with zero attached hydrogens (tertiary/aromatic N) is 1. The normalized spacial score (nSPS) is 14.9. The number of nitrogens with one attached hydrogen (secondary N) is 2. The van der Waals surface area contributed by atoms with Gasteiger partial charge in [0.05, 0.1) is 63.9 Å². The van der Waals surface area contributed by atoms with E-state index in [9.17, 15) is 4.79 Å². The summed E-state index contributed by atoms with van der Waals surface area (Å²) < 4.78 is 10.8. The number of methoxy groups -OCH3 is 1. The number of quaternary nitrogens is 1. The summed E-state index contributed by atoms with van der Waals surface area (Å²) in [7, 11) is 1.62. The molecule has 6 nitrogen and oxygen atoms in total. The maximum absolute atomic E-state index is 12.8. The highest BCUT2D eigenvalue weighted by Gasteiger charge is 2.21. The summed E-state index contributed by atoms with van der Waals surface area (Å²) in [5.41, 5.74) is 3.56. The first-order chi connectivity index (χ1) is 14.2. The molecule has 1 amide bonds. The maximum Gasteiger partial charge on any atom is 0.228 e. The molecule has 1 aromatic heterocycles. The van der Waals surface area contributed by atoms with E-state index >= 15 is 0 Å². The molecule has 0 radical (unpaired) electrons. The minimum Gasteiger partial charge on any atom is -0.497 e. The van der Waals surface area contributed by atoms with E-state index in [0.29, 0.717) is 0 Å². The molecule has 2 N–H and O–H groups in total. The van der Waals surface area contributed by atoms with E-state index in [1.807, 2.05) is 36.4 Å². The van der Waals surface area contributed by atoms with Crippen LogP contribution in [0.5, 0.6) is 5.75 Å². The number of piperazine rings is 1. The molecule has 2 aromatic carbocycles. The van der Waals surface area contributed by atoms with Crippen molar-refractivity contribution in [2.45, 2.75) is 13.3 Å². The van der Waals surface area contributed by atoms with Crippen LogP contribution in [0.2, 0.25) is 0 Å². The van der Waals surface area contributed by atoms with Gasteiger partial charge in [0.1, 0.15) is 11.3 Å². The summed E-state index contributed by atoms with van der Waals surface area (Å²) in [5, 5.41) is 4.04. The Morgan fingerprint density at radius 2 is 2.00 bits per heavy atom. The van der Waals surface area contributed by atoms with Crippen molar-refractivity contribution < 1.29 is 18.8 Å². The average molecular weight is 394 g/mol. The SMILES string of the molecule is CC[NH+]1CCN(c2ccccc2NC(=O)Cc2coc3cc(OC)ccc23)CC1. The van der Waals surface area contributed by atoms with Crippen LogP contribution in [0.25, 0.3) is 11.0 Å². The van der Waals surface area contributed by atoms with Crippen LogP contribution in [0.3, 0.4) is 0 Å². The number of ether oxygens (including phenoxy) is 1. The van der Waals surface area contributed by atoms with Gasteiger partial charge in [-0.25, -0.2) is 0 Å². The summed E-state index contributed by atoms with van der Waals surface area (Å²) in [6.45, 7) is 7.66. The number of para-hydroxylation sites is 2. The van der Waals surface area contributed by atoms with E-state index in [4.69, 9.17) is 9.15 Å². The summed E-state index contributed by atoms with van der Waals surface area (Å²) in [6, 6.07) is 13.7. The zero-order chi connectivity index (χ0) is 20.2. The molecule has 1 aliphatic heterocycles. The summed E-state index contributed by atoms with van der Waals surface area (Å²) in [6.07, 6.45) is 1.92. The number of hydrogen-bond acceptors (Lipinski definition) is 4. The van der Waals surface area contributed by atoms with Gasteiger partial charge >= 0.3 is 0 Å². The molecule has 0 bridgehead atoms. The molecule has 6 heteroatoms. The van der Waals surface area contributed by atoms with Crippen LogP contribution in [0.15, 0.2) is 53.1 Å². The van der Waals surface area contributed by atoms with Crippen molar-refractivity contribution in [3.8, 4) is 5.75 Å². The predicted octanol–water partition coefficient (Wildman–Crippen LogP) is 2.35. The Bertz CT molecular complexity index is 990. The van der Waals surface area contributed by atoms with Crippen LogP contribution in [-0.4, -0.2) is 45.7 Å². The van der Waals surface area contributed by atoms with Gasteiger partial charge in [0.25, 0.3) is 0 Å². The van der Waals surface area contributed by atoms with Crippen molar-refractivity contribution in [2.75, 3.05) is 50.1 Å². The van der Waals surface area contributed by atoms with E-state index in [-0.39, 0.29) is 12.3 Å². The number of fused-ring (bicyclic) bond motifs is 1. The second kappa shape index (κ2) is 8.57. The molecule has 0 aliphatic carbocycles. The highest BCUT2D eigenvalue weighted by molar-refractivity contribution is 5.97. The third kappa shape index (κ3) is 4.22. The second-order valence-electron chi connectivity index (χ2n) is 7.46. The second-order valence-corrected chi connectivity index (χ2v) is 7.46. The lowest BCUT2D eigenvalue weighted by molar-refractivity contribution is -0.898. The van der Waals surface area contributed by atoms with Gasteiger partial charge in [-0.3, -0.25) is 4.79 Å². The summed E-state index contributed by atoms with van der Waals surface area (Å²) in [4.78, 5) is 16.8. The molecular formula is C23H28N3O3+. The lowest BCUT2D eigenvalue weighted by atomic mass is 10.1. The van der Waals surface area contributed by atoms with Gasteiger partial charge in [-0.2, -0.15) is 0 Å². The van der Waals surface area contributed by atoms with E-state index in [2.05, 4.69) is 23.2 Å². The van der Waals surface area contributed by atoms with Gasteiger partial charge in [0.2, 0.25) is 5.91 Å². The fourth-order valence-corrected chi connectivity index (χ4v) is 3.97. The van der Waals surface area contributed by atoms with Crippen molar-refractivity contribution in [2.24, 2.45) is 0 Å². The molecule has 1 aliphatic rings. The van der Waals surface area contributed by atoms with E-state index in [1.165, 1.54) is 0 Å². The molecular weight excluding hydrogens is 366 g/mol. The van der Waals surface area contributed by atoms with Crippen molar-refractivity contribution >= 4 is 28.3 Å². The highest BCUT2D eigenvalue weighted by atomic mass is 16.5. The fraction of sp³-hybridized carbons (Fsp3) is 0.348. The number of hydrogen-bond donors (Lipinski definition) is 2. The van der Waals surface area contributed by atoms with Crippen molar-refractivity contribution in [1.82, 2.24) is 0 Å². The van der Waals surface area contributed by atoms with E-state index < -0.39 is 0 Å². The number of amides is 1. The molecule has 0 unspecified atom stereocenters. The minimum absolute atomic E-state index is 0.0474. The molecule has 1 saturated heterocycles. The van der Waals surface area contributed by atoms with Crippen LogP contribution < -0.4 is 19.9 Å². The third-order valence-corrected chi connectivity index (χ3v) is 5.70. The Kier molecular flexibility index (Phi) is 5.71. The van der Waals surface area contributed by atoms with Gasteiger partial charge in [-0.1, -0.05) is 12.1 Å². The van der Waals surface area contributed by atoms with E-state index in [0.717, 1.165) is 66.4 Å². The van der Waals surface area contributed by atoms with Gasteiger partial charge < -0.3 is 24.3 Å². The van der Waals surface area contributed by atoms with Crippen LogP contribution in [0, 0.1) is 0 Å². The monoisotopic (exact) mass is 394 g/mol. The van der Waals surface area contributed by atoms with Gasteiger partial charge in [-0.15, -0.1) is 0 Å². The quantitative estimate of drug-likeness (QED) is 0.674. The summed E-state index contributed by atoms with van der Waals surface area (Å²) in [5.74, 6) is 0.690. The molecule has 29 heavy (non-hydrogen) atoms. The molecule has 152 valence electrons. The van der Waals surface area contributed by atoms with Crippen LogP contribution in [0.1, 0.15) is 12.5 Å². The van der Waals surface area contributed by atoms with E-state index in [1.54, 1.807) is 18.3 Å². The number of furan rings is 1. The van der Waals surface area contributed by atoms with Crippen molar-refractivity contribution in [3.63, 3.8) is 0 Å². The zero-order valence-electron chi connectivity index (χ0n) is 17.0. The van der Waals surface area contributed by atoms with Gasteiger partial charge in [-0.05, 0) is 31.2 Å². The Labute approximate surface area is 171 Å². The van der Waals surface area contributed by atoms with Crippen LogP contribution in [0.4, 0.5) is 11.4 Å². The van der Waals surface area contributed by atoms with Crippen molar-refractivity contribution in [3.05, 3.63) is 54.3 Å². The first-order valence-corrected chi connectivity index (χ1v) is 10.2. The molecule has 1 fully saturated rings. The Morgan fingerprint density at radius 1 is 1.21 bits per heavy atom. The minimum atomic E-state index is -0.0474. The number of rotatable bonds is 6. The Balaban J connectivity index is 1.47. The molecule has 4 rings (SSSR count). The molecule has 0 atom stereocenters.